The molecule has 20 heavy (non-hydrogen) atoms. The first-order chi connectivity index (χ1) is 9.86. The molecule has 0 aliphatic heterocycles. The quantitative estimate of drug-likeness (QED) is 0.603. The molecule has 1 N–H and O–H groups in total. The molecular formula is C14H11N5O. The predicted octanol–water partition coefficient (Wildman–Crippen LogP) is 2.28. The number of aromatic amines is 1. The van der Waals surface area contributed by atoms with Gasteiger partial charge >= 0.3 is 0 Å². The van der Waals surface area contributed by atoms with Crippen molar-refractivity contribution in [2.24, 2.45) is 0 Å². The Morgan fingerprint density at radius 2 is 2.10 bits per heavy atom. The smallest absolute Gasteiger partial charge is 0.233 e. The lowest BCUT2D eigenvalue weighted by Gasteiger charge is -2.02. The maximum absolute atomic E-state index is 5.11. The summed E-state index contributed by atoms with van der Waals surface area (Å²) in [6.07, 6.45) is 5.48. The molecule has 0 aliphatic carbocycles. The van der Waals surface area contributed by atoms with Crippen LogP contribution in [0.5, 0.6) is 5.88 Å². The van der Waals surface area contributed by atoms with Gasteiger partial charge in [0.2, 0.25) is 5.88 Å². The fourth-order valence-electron chi connectivity index (χ4n) is 2.37. The Morgan fingerprint density at radius 3 is 3.00 bits per heavy atom. The van der Waals surface area contributed by atoms with Gasteiger partial charge in [0.25, 0.3) is 0 Å². The van der Waals surface area contributed by atoms with E-state index in [-0.39, 0.29) is 0 Å². The molecule has 0 saturated carbocycles. The molecule has 0 atom stereocenters. The zero-order chi connectivity index (χ0) is 13.5. The summed E-state index contributed by atoms with van der Waals surface area (Å²) in [5.74, 6) is 0.536. The summed E-state index contributed by atoms with van der Waals surface area (Å²) in [5.41, 5.74) is 3.90. The third kappa shape index (κ3) is 1.48. The maximum atomic E-state index is 5.11. The third-order valence-electron chi connectivity index (χ3n) is 3.32. The molecule has 0 aliphatic rings. The van der Waals surface area contributed by atoms with Gasteiger partial charge in [0.05, 0.1) is 18.8 Å². The number of H-pyrrole nitrogens is 1. The van der Waals surface area contributed by atoms with Crippen LogP contribution in [0.2, 0.25) is 0 Å². The van der Waals surface area contributed by atoms with Gasteiger partial charge in [0.15, 0.2) is 0 Å². The summed E-state index contributed by atoms with van der Waals surface area (Å²) in [5, 5.41) is 9.63. The van der Waals surface area contributed by atoms with E-state index in [1.54, 1.807) is 17.9 Å². The van der Waals surface area contributed by atoms with E-state index in [1.165, 1.54) is 0 Å². The second kappa shape index (κ2) is 4.06. The van der Waals surface area contributed by atoms with Gasteiger partial charge in [-0.05, 0) is 23.8 Å². The highest BCUT2D eigenvalue weighted by Crippen LogP contribution is 2.30. The maximum Gasteiger partial charge on any atom is 0.233 e. The first kappa shape index (κ1) is 11.0. The third-order valence-corrected chi connectivity index (χ3v) is 3.32. The van der Waals surface area contributed by atoms with Gasteiger partial charge in [-0.1, -0.05) is 0 Å². The minimum Gasteiger partial charge on any atom is -0.480 e. The second-order valence-corrected chi connectivity index (χ2v) is 4.41. The number of hydrogen-bond donors (Lipinski definition) is 1. The standard InChI is InChI=1S/C14H11N5O/c1-20-13-3-2-12-11(8-17-19(12)18-13)9-4-6-15-14-10(9)5-7-16-14/h2-8H,1H3,(H,15,16). The van der Waals surface area contributed by atoms with Crippen molar-refractivity contribution < 1.29 is 4.74 Å². The Balaban J connectivity index is 2.00. The predicted molar refractivity (Wildman–Crippen MR) is 74.6 cm³/mol. The molecule has 0 bridgehead atoms. The van der Waals surface area contributed by atoms with Crippen molar-refractivity contribution in [3.63, 3.8) is 0 Å². The number of pyridine rings is 1. The monoisotopic (exact) mass is 265 g/mol. The average Bonchev–Trinajstić information content (AvgIpc) is 3.12. The number of hydrogen-bond acceptors (Lipinski definition) is 4. The molecule has 0 fully saturated rings. The van der Waals surface area contributed by atoms with E-state index >= 15 is 0 Å². The molecule has 4 heterocycles. The van der Waals surface area contributed by atoms with Crippen molar-refractivity contribution in [1.29, 1.82) is 0 Å². The number of rotatable bonds is 2. The first-order valence-corrected chi connectivity index (χ1v) is 6.18. The number of ether oxygens (including phenoxy) is 1. The first-order valence-electron chi connectivity index (χ1n) is 6.18. The van der Waals surface area contributed by atoms with Crippen LogP contribution >= 0.6 is 0 Å². The zero-order valence-corrected chi connectivity index (χ0v) is 10.7. The minimum atomic E-state index is 0.536. The zero-order valence-electron chi connectivity index (χ0n) is 10.7. The molecule has 0 unspecified atom stereocenters. The Labute approximate surface area is 114 Å². The fraction of sp³-hybridized carbons (Fsp3) is 0.0714. The molecule has 6 heteroatoms. The molecule has 0 spiro atoms. The number of methoxy groups -OCH3 is 1. The van der Waals surface area contributed by atoms with Crippen LogP contribution in [-0.2, 0) is 0 Å². The van der Waals surface area contributed by atoms with E-state index in [9.17, 15) is 0 Å². The lowest BCUT2D eigenvalue weighted by molar-refractivity contribution is 0.387. The normalized spacial score (nSPS) is 11.2. The summed E-state index contributed by atoms with van der Waals surface area (Å²) in [7, 11) is 1.59. The largest absolute Gasteiger partial charge is 0.480 e. The second-order valence-electron chi connectivity index (χ2n) is 4.41. The van der Waals surface area contributed by atoms with Gasteiger partial charge in [-0.25, -0.2) is 4.98 Å². The number of aromatic nitrogens is 5. The van der Waals surface area contributed by atoms with E-state index in [0.29, 0.717) is 5.88 Å². The molecule has 6 nitrogen and oxygen atoms in total. The van der Waals surface area contributed by atoms with Crippen molar-refractivity contribution >= 4 is 16.6 Å². The van der Waals surface area contributed by atoms with Crippen LogP contribution < -0.4 is 4.74 Å². The van der Waals surface area contributed by atoms with Gasteiger partial charge in [0, 0.05) is 29.4 Å². The van der Waals surface area contributed by atoms with Crippen LogP contribution in [-0.4, -0.2) is 31.9 Å². The van der Waals surface area contributed by atoms with E-state index in [1.807, 2.05) is 36.7 Å². The molecule has 4 aromatic rings. The van der Waals surface area contributed by atoms with Crippen molar-refractivity contribution in [3.05, 3.63) is 42.9 Å². The fourth-order valence-corrected chi connectivity index (χ4v) is 2.37. The number of nitrogens with zero attached hydrogens (tertiary/aromatic N) is 4. The van der Waals surface area contributed by atoms with E-state index in [0.717, 1.165) is 27.7 Å². The van der Waals surface area contributed by atoms with Crippen LogP contribution in [0.15, 0.2) is 42.9 Å². The van der Waals surface area contributed by atoms with Gasteiger partial charge in [-0.15, -0.1) is 9.73 Å². The molecule has 0 amide bonds. The summed E-state index contributed by atoms with van der Waals surface area (Å²) >= 11 is 0. The Bertz CT molecular complexity index is 908. The molecule has 4 rings (SSSR count). The average molecular weight is 265 g/mol. The van der Waals surface area contributed by atoms with Crippen LogP contribution in [0, 0.1) is 0 Å². The van der Waals surface area contributed by atoms with Crippen LogP contribution in [0.25, 0.3) is 27.7 Å². The van der Waals surface area contributed by atoms with E-state index < -0.39 is 0 Å². The topological polar surface area (TPSA) is 68.1 Å². The lowest BCUT2D eigenvalue weighted by Crippen LogP contribution is -1.96. The highest BCUT2D eigenvalue weighted by Gasteiger charge is 2.11. The van der Waals surface area contributed by atoms with E-state index in [2.05, 4.69) is 20.2 Å². The van der Waals surface area contributed by atoms with Gasteiger partial charge in [-0.2, -0.15) is 5.10 Å². The van der Waals surface area contributed by atoms with Crippen molar-refractivity contribution in [1.82, 2.24) is 24.8 Å². The Morgan fingerprint density at radius 1 is 1.15 bits per heavy atom. The van der Waals surface area contributed by atoms with Gasteiger partial charge < -0.3 is 9.72 Å². The Hall–Kier alpha value is -2.89. The van der Waals surface area contributed by atoms with Crippen LogP contribution in [0.1, 0.15) is 0 Å². The molecule has 4 aromatic heterocycles. The highest BCUT2D eigenvalue weighted by molar-refractivity contribution is 5.97. The SMILES string of the molecule is COc1ccc2c(-c3ccnc4[nH]ccc34)cnn2n1. The summed E-state index contributed by atoms with van der Waals surface area (Å²) < 4.78 is 6.68. The minimum absolute atomic E-state index is 0.536. The molecular weight excluding hydrogens is 254 g/mol. The molecule has 0 aromatic carbocycles. The molecule has 0 radical (unpaired) electrons. The number of nitrogens with one attached hydrogen (secondary N) is 1. The summed E-state index contributed by atoms with van der Waals surface area (Å²) in [6, 6.07) is 7.78. The van der Waals surface area contributed by atoms with Crippen molar-refractivity contribution in [2.45, 2.75) is 0 Å². The lowest BCUT2D eigenvalue weighted by atomic mass is 10.1. The van der Waals surface area contributed by atoms with Gasteiger partial charge in [0.1, 0.15) is 5.65 Å². The highest BCUT2D eigenvalue weighted by atomic mass is 16.5. The number of fused-ring (bicyclic) bond motifs is 2. The summed E-state index contributed by atoms with van der Waals surface area (Å²) in [4.78, 5) is 7.42. The molecule has 98 valence electrons. The van der Waals surface area contributed by atoms with Crippen LogP contribution in [0.3, 0.4) is 0 Å². The van der Waals surface area contributed by atoms with Crippen LogP contribution in [0.4, 0.5) is 0 Å². The molecule has 0 saturated heterocycles. The van der Waals surface area contributed by atoms with Crippen molar-refractivity contribution in [2.75, 3.05) is 7.11 Å². The summed E-state index contributed by atoms with van der Waals surface area (Å²) in [6.45, 7) is 0. The van der Waals surface area contributed by atoms with Crippen molar-refractivity contribution in [3.8, 4) is 17.0 Å². The van der Waals surface area contributed by atoms with Gasteiger partial charge in [-0.3, -0.25) is 0 Å². The Kier molecular flexibility index (Phi) is 2.23. The van der Waals surface area contributed by atoms with E-state index in [4.69, 9.17) is 4.74 Å².